The largest absolute Gasteiger partial charge is 0.493 e. The Hall–Kier alpha value is -1.38. The van der Waals surface area contributed by atoms with Crippen molar-refractivity contribution >= 4 is 29.9 Å². The van der Waals surface area contributed by atoms with E-state index < -0.39 is 0 Å². The molecule has 1 aromatic carbocycles. The zero-order valence-electron chi connectivity index (χ0n) is 17.9. The van der Waals surface area contributed by atoms with E-state index in [1.807, 2.05) is 12.1 Å². The maximum absolute atomic E-state index is 5.57. The normalized spacial score (nSPS) is 15.1. The molecular formula is C21H36IN3O3. The highest BCUT2D eigenvalue weighted by Gasteiger charge is 2.34. The van der Waals surface area contributed by atoms with E-state index >= 15 is 0 Å². The SMILES string of the molecule is CCNC(=NCC1(CC)CCC1)NCCc1ccc(OC)c(OC)c1OC.I. The van der Waals surface area contributed by atoms with Crippen LogP contribution in [0.4, 0.5) is 0 Å². The molecule has 28 heavy (non-hydrogen) atoms. The highest BCUT2D eigenvalue weighted by atomic mass is 127. The average Bonchev–Trinajstić information content (AvgIpc) is 2.66. The number of benzene rings is 1. The van der Waals surface area contributed by atoms with Crippen LogP contribution in [-0.2, 0) is 6.42 Å². The summed E-state index contributed by atoms with van der Waals surface area (Å²) in [7, 11) is 4.91. The third-order valence-electron chi connectivity index (χ3n) is 5.55. The number of halogens is 1. The number of guanidine groups is 1. The van der Waals surface area contributed by atoms with Crippen LogP contribution in [0.3, 0.4) is 0 Å². The minimum absolute atomic E-state index is 0. The Morgan fingerprint density at radius 2 is 1.75 bits per heavy atom. The van der Waals surface area contributed by atoms with E-state index in [0.29, 0.717) is 16.9 Å². The van der Waals surface area contributed by atoms with Gasteiger partial charge in [-0.05, 0) is 44.1 Å². The molecule has 2 rings (SSSR count). The third kappa shape index (κ3) is 6.06. The topological polar surface area (TPSA) is 64.1 Å². The highest BCUT2D eigenvalue weighted by Crippen LogP contribution is 2.44. The number of methoxy groups -OCH3 is 3. The van der Waals surface area contributed by atoms with Gasteiger partial charge in [-0.3, -0.25) is 4.99 Å². The average molecular weight is 505 g/mol. The summed E-state index contributed by atoms with van der Waals surface area (Å²) in [6, 6.07) is 3.93. The molecule has 0 bridgehead atoms. The zero-order valence-corrected chi connectivity index (χ0v) is 20.2. The molecule has 1 fully saturated rings. The van der Waals surface area contributed by atoms with Gasteiger partial charge < -0.3 is 24.8 Å². The van der Waals surface area contributed by atoms with Crippen molar-refractivity contribution < 1.29 is 14.2 Å². The van der Waals surface area contributed by atoms with Crippen molar-refractivity contribution in [1.82, 2.24) is 10.6 Å². The number of ether oxygens (including phenoxy) is 3. The lowest BCUT2D eigenvalue weighted by molar-refractivity contribution is 0.139. The van der Waals surface area contributed by atoms with E-state index in [0.717, 1.165) is 43.3 Å². The predicted octanol–water partition coefficient (Wildman–Crippen LogP) is 4.01. The molecule has 7 heteroatoms. The van der Waals surface area contributed by atoms with E-state index in [4.69, 9.17) is 19.2 Å². The fraction of sp³-hybridized carbons (Fsp3) is 0.667. The standard InChI is InChI=1S/C21H35N3O3.HI/c1-6-21(12-8-13-21)15-24-20(22-7-2)23-14-11-16-9-10-17(25-3)19(27-5)18(16)26-4;/h9-10H,6-8,11-15H2,1-5H3,(H2,22,23,24);1H. The first-order chi connectivity index (χ1) is 13.1. The molecule has 0 amide bonds. The molecule has 0 unspecified atom stereocenters. The van der Waals surface area contributed by atoms with Gasteiger partial charge in [0.05, 0.1) is 21.3 Å². The molecule has 0 radical (unpaired) electrons. The van der Waals surface area contributed by atoms with E-state index in [9.17, 15) is 0 Å². The lowest BCUT2D eigenvalue weighted by atomic mass is 9.67. The van der Waals surface area contributed by atoms with Crippen LogP contribution in [0.2, 0.25) is 0 Å². The molecule has 6 nitrogen and oxygen atoms in total. The molecule has 1 aromatic rings. The van der Waals surface area contributed by atoms with Gasteiger partial charge in [-0.25, -0.2) is 0 Å². The summed E-state index contributed by atoms with van der Waals surface area (Å²) in [4.78, 5) is 4.83. The summed E-state index contributed by atoms with van der Waals surface area (Å²) in [5, 5.41) is 6.79. The molecule has 1 saturated carbocycles. The Morgan fingerprint density at radius 3 is 2.25 bits per heavy atom. The summed E-state index contributed by atoms with van der Waals surface area (Å²) >= 11 is 0. The van der Waals surface area contributed by atoms with E-state index in [1.165, 1.54) is 25.7 Å². The molecule has 0 saturated heterocycles. The van der Waals surface area contributed by atoms with E-state index in [-0.39, 0.29) is 24.0 Å². The smallest absolute Gasteiger partial charge is 0.203 e. The summed E-state index contributed by atoms with van der Waals surface area (Å²) < 4.78 is 16.4. The fourth-order valence-electron chi connectivity index (χ4n) is 3.56. The predicted molar refractivity (Wildman–Crippen MR) is 126 cm³/mol. The molecule has 1 aliphatic rings. The maximum Gasteiger partial charge on any atom is 0.203 e. The molecule has 0 aromatic heterocycles. The van der Waals surface area contributed by atoms with Crippen molar-refractivity contribution in [2.45, 2.75) is 46.0 Å². The Kier molecular flexibility index (Phi) is 10.8. The van der Waals surface area contributed by atoms with Gasteiger partial charge in [-0.2, -0.15) is 0 Å². The Balaban J connectivity index is 0.00000392. The molecule has 2 N–H and O–H groups in total. The highest BCUT2D eigenvalue weighted by molar-refractivity contribution is 14.0. The third-order valence-corrected chi connectivity index (χ3v) is 5.55. The van der Waals surface area contributed by atoms with Crippen molar-refractivity contribution in [1.29, 1.82) is 0 Å². The van der Waals surface area contributed by atoms with E-state index in [2.05, 4.69) is 24.5 Å². The van der Waals surface area contributed by atoms with Crippen LogP contribution in [0.1, 0.15) is 45.1 Å². The Labute approximate surface area is 186 Å². The van der Waals surface area contributed by atoms with Gasteiger partial charge in [0.25, 0.3) is 0 Å². The van der Waals surface area contributed by atoms with Crippen LogP contribution in [0.15, 0.2) is 17.1 Å². The minimum Gasteiger partial charge on any atom is -0.493 e. The Bertz CT molecular complexity index is 628. The van der Waals surface area contributed by atoms with Crippen molar-refractivity contribution in [3.63, 3.8) is 0 Å². The van der Waals surface area contributed by atoms with Crippen LogP contribution in [0.25, 0.3) is 0 Å². The van der Waals surface area contributed by atoms with Crippen molar-refractivity contribution in [2.24, 2.45) is 10.4 Å². The van der Waals surface area contributed by atoms with Crippen LogP contribution >= 0.6 is 24.0 Å². The maximum atomic E-state index is 5.57. The molecule has 0 heterocycles. The summed E-state index contributed by atoms with van der Waals surface area (Å²) in [6.07, 6.45) is 5.95. The van der Waals surface area contributed by atoms with Crippen molar-refractivity contribution in [2.75, 3.05) is 41.0 Å². The second-order valence-electron chi connectivity index (χ2n) is 7.07. The van der Waals surface area contributed by atoms with Gasteiger partial charge in [0.1, 0.15) is 0 Å². The van der Waals surface area contributed by atoms with Crippen LogP contribution in [0, 0.1) is 5.41 Å². The minimum atomic E-state index is 0. The molecule has 0 spiro atoms. The van der Waals surface area contributed by atoms with E-state index in [1.54, 1.807) is 21.3 Å². The lowest BCUT2D eigenvalue weighted by Crippen LogP contribution is -2.40. The lowest BCUT2D eigenvalue weighted by Gasteiger charge is -2.40. The molecule has 0 aliphatic heterocycles. The zero-order chi connectivity index (χ0) is 19.7. The Morgan fingerprint density at radius 1 is 1.04 bits per heavy atom. The van der Waals surface area contributed by atoms with Crippen LogP contribution in [0.5, 0.6) is 17.2 Å². The number of nitrogens with one attached hydrogen (secondary N) is 2. The van der Waals surface area contributed by atoms with Gasteiger partial charge in [-0.1, -0.05) is 19.4 Å². The molecule has 160 valence electrons. The second-order valence-corrected chi connectivity index (χ2v) is 7.07. The molecule has 0 atom stereocenters. The van der Waals surface area contributed by atoms with Gasteiger partial charge in [-0.15, -0.1) is 24.0 Å². The number of hydrogen-bond acceptors (Lipinski definition) is 4. The van der Waals surface area contributed by atoms with Gasteiger partial charge in [0.15, 0.2) is 17.5 Å². The summed E-state index contributed by atoms with van der Waals surface area (Å²) in [5.74, 6) is 2.91. The van der Waals surface area contributed by atoms with Crippen molar-refractivity contribution in [3.8, 4) is 17.2 Å². The van der Waals surface area contributed by atoms with Crippen molar-refractivity contribution in [3.05, 3.63) is 17.7 Å². The first-order valence-electron chi connectivity index (χ1n) is 9.93. The first kappa shape index (κ1) is 24.7. The van der Waals surface area contributed by atoms with Gasteiger partial charge in [0, 0.05) is 25.2 Å². The number of hydrogen-bond donors (Lipinski definition) is 2. The number of rotatable bonds is 10. The van der Waals surface area contributed by atoms with Crippen LogP contribution < -0.4 is 24.8 Å². The quantitative estimate of drug-likeness (QED) is 0.286. The summed E-state index contributed by atoms with van der Waals surface area (Å²) in [6.45, 7) is 6.88. The van der Waals surface area contributed by atoms with Crippen LogP contribution in [-0.4, -0.2) is 46.9 Å². The van der Waals surface area contributed by atoms with Gasteiger partial charge >= 0.3 is 0 Å². The molecule has 1 aliphatic carbocycles. The first-order valence-corrected chi connectivity index (χ1v) is 9.93. The fourth-order valence-corrected chi connectivity index (χ4v) is 3.56. The number of nitrogens with zero attached hydrogens (tertiary/aromatic N) is 1. The molecular weight excluding hydrogens is 469 g/mol. The monoisotopic (exact) mass is 505 g/mol. The second kappa shape index (κ2) is 12.2. The number of aliphatic imine (C=N–C) groups is 1. The summed E-state index contributed by atoms with van der Waals surface area (Å²) in [5.41, 5.74) is 1.50. The van der Waals surface area contributed by atoms with Gasteiger partial charge in [0.2, 0.25) is 5.75 Å².